The van der Waals surface area contributed by atoms with Crippen LogP contribution in [0.15, 0.2) is 12.1 Å². The highest BCUT2D eigenvalue weighted by molar-refractivity contribution is 8.00. The minimum atomic E-state index is -0.375. The van der Waals surface area contributed by atoms with Crippen LogP contribution in [-0.2, 0) is 4.74 Å². The van der Waals surface area contributed by atoms with Gasteiger partial charge in [0.05, 0.1) is 12.7 Å². The van der Waals surface area contributed by atoms with Gasteiger partial charge in [0.1, 0.15) is 0 Å². The van der Waals surface area contributed by atoms with Crippen molar-refractivity contribution < 1.29 is 9.53 Å². The number of thioether (sulfide) groups is 1. The van der Waals surface area contributed by atoms with E-state index in [4.69, 9.17) is 10.5 Å². The van der Waals surface area contributed by atoms with Crippen LogP contribution in [0.4, 0.5) is 11.4 Å². The molecule has 1 aromatic rings. The zero-order valence-corrected chi connectivity index (χ0v) is 13.3. The molecular formula is C15H22N2O2S. The molecule has 110 valence electrons. The van der Waals surface area contributed by atoms with Crippen molar-refractivity contribution in [3.05, 3.63) is 23.3 Å². The van der Waals surface area contributed by atoms with Crippen LogP contribution in [0.25, 0.3) is 0 Å². The predicted octanol–water partition coefficient (Wildman–Crippen LogP) is 2.69. The molecule has 5 heteroatoms. The Kier molecular flexibility index (Phi) is 4.48. The minimum Gasteiger partial charge on any atom is -0.465 e. The number of carbonyl (C=O) groups is 1. The number of aryl methyl sites for hydroxylation is 1. The Labute approximate surface area is 124 Å². The van der Waals surface area contributed by atoms with E-state index < -0.39 is 0 Å². The average molecular weight is 294 g/mol. The van der Waals surface area contributed by atoms with E-state index in [9.17, 15) is 4.79 Å². The molecule has 2 atom stereocenters. The second-order valence-electron chi connectivity index (χ2n) is 5.38. The summed E-state index contributed by atoms with van der Waals surface area (Å²) >= 11 is 2.00. The van der Waals surface area contributed by atoms with Crippen molar-refractivity contribution in [1.82, 2.24) is 0 Å². The van der Waals surface area contributed by atoms with Gasteiger partial charge in [0.25, 0.3) is 0 Å². The Bertz CT molecular complexity index is 509. The molecule has 0 spiro atoms. The van der Waals surface area contributed by atoms with Crippen LogP contribution < -0.4 is 10.6 Å². The molecule has 1 aliphatic heterocycles. The molecule has 2 unspecified atom stereocenters. The Morgan fingerprint density at radius 1 is 1.35 bits per heavy atom. The molecule has 0 bridgehead atoms. The summed E-state index contributed by atoms with van der Waals surface area (Å²) in [5.41, 5.74) is 8.93. The molecule has 1 heterocycles. The van der Waals surface area contributed by atoms with Gasteiger partial charge in [-0.15, -0.1) is 0 Å². The summed E-state index contributed by atoms with van der Waals surface area (Å²) in [5.74, 6) is -0.375. The van der Waals surface area contributed by atoms with E-state index in [1.807, 2.05) is 24.8 Å². The van der Waals surface area contributed by atoms with E-state index in [1.165, 1.54) is 7.11 Å². The summed E-state index contributed by atoms with van der Waals surface area (Å²) in [4.78, 5) is 14.1. The number of hydrogen-bond acceptors (Lipinski definition) is 5. The Morgan fingerprint density at radius 2 is 1.95 bits per heavy atom. The lowest BCUT2D eigenvalue weighted by atomic mass is 10.1. The van der Waals surface area contributed by atoms with Crippen LogP contribution >= 0.6 is 11.8 Å². The van der Waals surface area contributed by atoms with Gasteiger partial charge >= 0.3 is 5.97 Å². The Hall–Kier alpha value is -1.36. The van der Waals surface area contributed by atoms with Gasteiger partial charge in [-0.1, -0.05) is 13.8 Å². The highest BCUT2D eigenvalue weighted by Crippen LogP contribution is 2.31. The number of carbonyl (C=O) groups excluding carboxylic acids is 1. The van der Waals surface area contributed by atoms with Gasteiger partial charge in [-0.3, -0.25) is 0 Å². The first-order valence-electron chi connectivity index (χ1n) is 6.81. The second-order valence-corrected chi connectivity index (χ2v) is 7.26. The van der Waals surface area contributed by atoms with Crippen LogP contribution in [0.2, 0.25) is 0 Å². The number of esters is 1. The van der Waals surface area contributed by atoms with E-state index in [0.29, 0.717) is 21.8 Å². The maximum Gasteiger partial charge on any atom is 0.340 e. The number of benzene rings is 1. The molecule has 2 rings (SSSR count). The standard InChI is InChI=1S/C15H22N2O2S/c1-9-5-12(6-13(14(9)16)15(18)19-4)17-7-10(2)20-11(3)8-17/h5-6,10-11H,7-8,16H2,1-4H3. The normalized spacial score (nSPS) is 22.7. The van der Waals surface area contributed by atoms with Crippen molar-refractivity contribution in [2.75, 3.05) is 30.8 Å². The fourth-order valence-electron chi connectivity index (χ4n) is 2.63. The molecule has 1 aliphatic rings. The number of anilines is 2. The molecule has 0 aliphatic carbocycles. The lowest BCUT2D eigenvalue weighted by Gasteiger charge is -2.36. The molecule has 0 saturated carbocycles. The fraction of sp³-hybridized carbons (Fsp3) is 0.533. The summed E-state index contributed by atoms with van der Waals surface area (Å²) in [5, 5.41) is 1.16. The first-order chi connectivity index (χ1) is 9.42. The largest absolute Gasteiger partial charge is 0.465 e. The maximum atomic E-state index is 11.8. The molecule has 0 aromatic heterocycles. The summed E-state index contributed by atoms with van der Waals surface area (Å²) in [6.45, 7) is 8.37. The zero-order chi connectivity index (χ0) is 14.9. The highest BCUT2D eigenvalue weighted by Gasteiger charge is 2.24. The summed E-state index contributed by atoms with van der Waals surface area (Å²) in [7, 11) is 1.38. The predicted molar refractivity (Wildman–Crippen MR) is 85.7 cm³/mol. The van der Waals surface area contributed by atoms with Gasteiger partial charge in [-0.05, 0) is 24.6 Å². The number of hydrogen-bond donors (Lipinski definition) is 1. The molecular weight excluding hydrogens is 272 g/mol. The Morgan fingerprint density at radius 3 is 2.50 bits per heavy atom. The van der Waals surface area contributed by atoms with E-state index in [2.05, 4.69) is 24.8 Å². The molecule has 20 heavy (non-hydrogen) atoms. The smallest absolute Gasteiger partial charge is 0.340 e. The molecule has 1 aromatic carbocycles. The van der Waals surface area contributed by atoms with Crippen LogP contribution in [0.3, 0.4) is 0 Å². The number of nitrogens with two attached hydrogens (primary N) is 1. The van der Waals surface area contributed by atoms with Gasteiger partial charge in [0.15, 0.2) is 0 Å². The summed E-state index contributed by atoms with van der Waals surface area (Å²) < 4.78 is 4.82. The quantitative estimate of drug-likeness (QED) is 0.671. The van der Waals surface area contributed by atoms with Crippen molar-refractivity contribution in [3.63, 3.8) is 0 Å². The van der Waals surface area contributed by atoms with Gasteiger partial charge in [-0.25, -0.2) is 4.79 Å². The van der Waals surface area contributed by atoms with Crippen molar-refractivity contribution in [2.24, 2.45) is 0 Å². The second kappa shape index (κ2) is 5.95. The maximum absolute atomic E-state index is 11.8. The third-order valence-electron chi connectivity index (χ3n) is 3.56. The van der Waals surface area contributed by atoms with Crippen molar-refractivity contribution >= 4 is 29.1 Å². The number of rotatable bonds is 2. The van der Waals surface area contributed by atoms with Gasteiger partial charge in [0, 0.05) is 35.0 Å². The minimum absolute atomic E-state index is 0.375. The first kappa shape index (κ1) is 15.0. The van der Waals surface area contributed by atoms with Gasteiger partial charge < -0.3 is 15.4 Å². The molecule has 4 nitrogen and oxygen atoms in total. The number of ether oxygens (including phenoxy) is 1. The monoisotopic (exact) mass is 294 g/mol. The molecule has 0 radical (unpaired) electrons. The van der Waals surface area contributed by atoms with E-state index in [1.54, 1.807) is 0 Å². The Balaban J connectivity index is 2.37. The summed E-state index contributed by atoms with van der Waals surface area (Å²) in [6, 6.07) is 3.90. The molecule has 0 amide bonds. The van der Waals surface area contributed by atoms with Gasteiger partial charge in [-0.2, -0.15) is 11.8 Å². The third-order valence-corrected chi connectivity index (χ3v) is 4.79. The molecule has 1 saturated heterocycles. The number of methoxy groups -OCH3 is 1. The van der Waals surface area contributed by atoms with Crippen LogP contribution in [0.1, 0.15) is 29.8 Å². The van der Waals surface area contributed by atoms with Crippen LogP contribution in [0, 0.1) is 6.92 Å². The highest BCUT2D eigenvalue weighted by atomic mass is 32.2. The van der Waals surface area contributed by atoms with Crippen molar-refractivity contribution in [3.8, 4) is 0 Å². The van der Waals surface area contributed by atoms with E-state index in [0.717, 1.165) is 24.3 Å². The van der Waals surface area contributed by atoms with Crippen molar-refractivity contribution in [2.45, 2.75) is 31.3 Å². The SMILES string of the molecule is COC(=O)c1cc(N2CC(C)SC(C)C2)cc(C)c1N. The van der Waals surface area contributed by atoms with E-state index >= 15 is 0 Å². The lowest BCUT2D eigenvalue weighted by molar-refractivity contribution is 0.0602. The number of nitrogens with zero attached hydrogens (tertiary/aromatic N) is 1. The summed E-state index contributed by atoms with van der Waals surface area (Å²) in [6.07, 6.45) is 0. The fourth-order valence-corrected chi connectivity index (χ4v) is 3.95. The lowest BCUT2D eigenvalue weighted by Crippen LogP contribution is -2.40. The van der Waals surface area contributed by atoms with Crippen molar-refractivity contribution in [1.29, 1.82) is 0 Å². The topological polar surface area (TPSA) is 55.6 Å². The molecule has 1 fully saturated rings. The molecule has 2 N–H and O–H groups in total. The van der Waals surface area contributed by atoms with Crippen LogP contribution in [0.5, 0.6) is 0 Å². The zero-order valence-electron chi connectivity index (χ0n) is 12.5. The first-order valence-corrected chi connectivity index (χ1v) is 7.75. The van der Waals surface area contributed by atoms with Crippen LogP contribution in [-0.4, -0.2) is 36.7 Å². The average Bonchev–Trinajstić information content (AvgIpc) is 2.39. The van der Waals surface area contributed by atoms with E-state index in [-0.39, 0.29) is 5.97 Å². The number of nitrogen functional groups attached to an aromatic ring is 1. The van der Waals surface area contributed by atoms with Gasteiger partial charge in [0.2, 0.25) is 0 Å². The third kappa shape index (κ3) is 3.03.